The molecule has 0 fully saturated rings. The average molecular weight is 689 g/mol. The Labute approximate surface area is 301 Å². The highest BCUT2D eigenvalue weighted by Gasteiger charge is 2.38. The van der Waals surface area contributed by atoms with Crippen LogP contribution in [0.1, 0.15) is 51.7 Å². The van der Waals surface area contributed by atoms with Crippen LogP contribution in [-0.4, -0.2) is 30.5 Å². The fraction of sp³-hybridized carbons (Fsp3) is 0.163. The predicted octanol–water partition coefficient (Wildman–Crippen LogP) is 9.59. The van der Waals surface area contributed by atoms with E-state index in [1.54, 1.807) is 11.8 Å². The molecule has 0 radical (unpaired) electrons. The molecule has 0 bridgehead atoms. The molecule has 0 aliphatic carbocycles. The minimum atomic E-state index is -0.601. The molecule has 5 aromatic carbocycles. The van der Waals surface area contributed by atoms with Crippen LogP contribution in [0.25, 0.3) is 0 Å². The van der Waals surface area contributed by atoms with Crippen molar-refractivity contribution in [3.05, 3.63) is 191 Å². The summed E-state index contributed by atoms with van der Waals surface area (Å²) in [7, 11) is 0. The average Bonchev–Trinajstić information content (AvgIpc) is 3.91. The number of hydrogen-bond donors (Lipinski definition) is 0. The lowest BCUT2D eigenvalue weighted by Crippen LogP contribution is -2.36. The first-order valence-electron chi connectivity index (χ1n) is 17.3. The second kappa shape index (κ2) is 14.3. The van der Waals surface area contributed by atoms with E-state index in [4.69, 9.17) is 4.98 Å². The van der Waals surface area contributed by atoms with Gasteiger partial charge in [-0.1, -0.05) is 115 Å². The fourth-order valence-electron chi connectivity index (χ4n) is 7.11. The minimum Gasteiger partial charge on any atom is -0.319 e. The highest BCUT2D eigenvalue weighted by molar-refractivity contribution is 7.99. The van der Waals surface area contributed by atoms with E-state index in [0.29, 0.717) is 12.1 Å². The van der Waals surface area contributed by atoms with Crippen molar-refractivity contribution in [1.82, 2.24) is 24.3 Å². The van der Waals surface area contributed by atoms with Crippen LogP contribution in [0.4, 0.5) is 10.1 Å². The third-order valence-corrected chi connectivity index (χ3v) is 10.6. The molecule has 8 rings (SSSR count). The zero-order chi connectivity index (χ0) is 34.6. The highest BCUT2D eigenvalue weighted by atomic mass is 32.2. The monoisotopic (exact) mass is 688 g/mol. The molecule has 0 N–H and O–H groups in total. The molecule has 0 amide bonds. The zero-order valence-corrected chi connectivity index (χ0v) is 29.1. The molecular weight excluding hydrogens is 652 g/mol. The molecule has 0 saturated carbocycles. The van der Waals surface area contributed by atoms with Crippen molar-refractivity contribution in [3.8, 4) is 0 Å². The van der Waals surface area contributed by atoms with Crippen molar-refractivity contribution >= 4 is 23.7 Å². The number of halogens is 1. The third kappa shape index (κ3) is 6.55. The number of hydrogen-bond acceptors (Lipinski definition) is 5. The molecule has 0 saturated heterocycles. The SMILES string of the molecule is Cc1ccc(Sc2nnc(CC3C=Nc4cc(F)ccc43)n2CCCc2cn(C(c3ccccc3)(c3ccccc3)c3ccccc3)cn2)cc1. The van der Waals surface area contributed by atoms with Crippen LogP contribution >= 0.6 is 11.8 Å². The Kier molecular flexibility index (Phi) is 9.16. The van der Waals surface area contributed by atoms with Gasteiger partial charge in [0.2, 0.25) is 0 Å². The summed E-state index contributed by atoms with van der Waals surface area (Å²) in [6.45, 7) is 2.82. The maximum atomic E-state index is 13.9. The number of imidazole rings is 1. The van der Waals surface area contributed by atoms with Crippen LogP contribution in [0, 0.1) is 12.7 Å². The van der Waals surface area contributed by atoms with Crippen molar-refractivity contribution in [3.63, 3.8) is 0 Å². The Morgan fingerprint density at radius 1 is 0.765 bits per heavy atom. The van der Waals surface area contributed by atoms with E-state index in [9.17, 15) is 4.39 Å². The number of rotatable bonds is 12. The van der Waals surface area contributed by atoms with Crippen LogP contribution in [0.5, 0.6) is 0 Å². The molecule has 1 aliphatic heterocycles. The number of aromatic nitrogens is 5. The van der Waals surface area contributed by atoms with Crippen molar-refractivity contribution in [2.45, 2.75) is 54.2 Å². The van der Waals surface area contributed by atoms with E-state index in [-0.39, 0.29) is 11.7 Å². The molecule has 1 unspecified atom stereocenters. The van der Waals surface area contributed by atoms with Gasteiger partial charge in [-0.25, -0.2) is 9.37 Å². The summed E-state index contributed by atoms with van der Waals surface area (Å²) in [5, 5.41) is 10.2. The quantitative estimate of drug-likeness (QED) is 0.120. The molecule has 2 aromatic heterocycles. The van der Waals surface area contributed by atoms with Gasteiger partial charge >= 0.3 is 0 Å². The number of fused-ring (bicyclic) bond motifs is 1. The Bertz CT molecular complexity index is 2170. The van der Waals surface area contributed by atoms with E-state index < -0.39 is 5.54 Å². The predicted molar refractivity (Wildman–Crippen MR) is 201 cm³/mol. The Morgan fingerprint density at radius 3 is 2.06 bits per heavy atom. The highest BCUT2D eigenvalue weighted by Crippen LogP contribution is 2.41. The lowest BCUT2D eigenvalue weighted by atomic mass is 9.77. The lowest BCUT2D eigenvalue weighted by molar-refractivity contribution is 0.513. The van der Waals surface area contributed by atoms with Gasteiger partial charge in [-0.2, -0.15) is 0 Å². The summed E-state index contributed by atoms with van der Waals surface area (Å²) < 4.78 is 18.4. The van der Waals surface area contributed by atoms with Gasteiger partial charge in [-0.05, 0) is 78.0 Å². The van der Waals surface area contributed by atoms with Gasteiger partial charge in [-0.3, -0.25) is 4.99 Å². The lowest BCUT2D eigenvalue weighted by Gasteiger charge is -2.37. The summed E-state index contributed by atoms with van der Waals surface area (Å²) in [5.41, 5.74) is 6.83. The van der Waals surface area contributed by atoms with E-state index in [1.807, 2.05) is 18.6 Å². The number of benzene rings is 5. The van der Waals surface area contributed by atoms with Gasteiger partial charge in [0.1, 0.15) is 17.2 Å². The second-order valence-electron chi connectivity index (χ2n) is 12.9. The second-order valence-corrected chi connectivity index (χ2v) is 14.0. The minimum absolute atomic E-state index is 0.0126. The van der Waals surface area contributed by atoms with Crippen LogP contribution in [0.2, 0.25) is 0 Å². The molecule has 252 valence electrons. The van der Waals surface area contributed by atoms with Crippen molar-refractivity contribution in [2.75, 3.05) is 0 Å². The first kappa shape index (κ1) is 32.6. The van der Waals surface area contributed by atoms with Crippen LogP contribution in [0.15, 0.2) is 161 Å². The summed E-state index contributed by atoms with van der Waals surface area (Å²) in [6, 6.07) is 45.3. The molecule has 7 aromatic rings. The van der Waals surface area contributed by atoms with E-state index in [0.717, 1.165) is 63.2 Å². The number of aliphatic imine (C=N–C) groups is 1. The van der Waals surface area contributed by atoms with Crippen molar-refractivity contribution in [1.29, 1.82) is 0 Å². The van der Waals surface area contributed by atoms with Crippen molar-refractivity contribution in [2.24, 2.45) is 4.99 Å². The molecule has 1 aliphatic rings. The van der Waals surface area contributed by atoms with Crippen molar-refractivity contribution < 1.29 is 4.39 Å². The molecular formula is C43H37FN6S. The Morgan fingerprint density at radius 2 is 1.41 bits per heavy atom. The van der Waals surface area contributed by atoms with Crippen LogP contribution in [0.3, 0.4) is 0 Å². The molecule has 51 heavy (non-hydrogen) atoms. The smallest absolute Gasteiger partial charge is 0.196 e. The largest absolute Gasteiger partial charge is 0.319 e. The Balaban J connectivity index is 1.09. The molecule has 1 atom stereocenters. The molecule has 3 heterocycles. The van der Waals surface area contributed by atoms with Gasteiger partial charge in [-0.15, -0.1) is 10.2 Å². The first-order chi connectivity index (χ1) is 25.1. The summed E-state index contributed by atoms with van der Waals surface area (Å²) >= 11 is 1.62. The van der Waals surface area contributed by atoms with E-state index in [1.165, 1.54) is 17.7 Å². The zero-order valence-electron chi connectivity index (χ0n) is 28.3. The van der Waals surface area contributed by atoms with Gasteiger partial charge < -0.3 is 9.13 Å². The van der Waals surface area contributed by atoms with Gasteiger partial charge in [0, 0.05) is 36.2 Å². The molecule has 6 nitrogen and oxygen atoms in total. The number of aryl methyl sites for hydroxylation is 2. The summed E-state index contributed by atoms with van der Waals surface area (Å²) in [5.74, 6) is 0.626. The topological polar surface area (TPSA) is 60.9 Å². The fourth-order valence-corrected chi connectivity index (χ4v) is 7.99. The van der Waals surface area contributed by atoms with E-state index in [2.05, 4.69) is 153 Å². The summed E-state index contributed by atoms with van der Waals surface area (Å²) in [4.78, 5) is 10.6. The summed E-state index contributed by atoms with van der Waals surface area (Å²) in [6.07, 6.45) is 8.34. The Hall–Kier alpha value is -5.60. The maximum absolute atomic E-state index is 13.9. The van der Waals surface area contributed by atoms with Gasteiger partial charge in [0.25, 0.3) is 0 Å². The molecule has 0 spiro atoms. The van der Waals surface area contributed by atoms with Gasteiger partial charge in [0.15, 0.2) is 5.16 Å². The standard InChI is InChI=1S/C43H37FN6S/c1-31-19-22-38(23-20-31)51-42-48-47-41(26-32-28-45-40-27-36(44)21-24-39(32)40)50(42)25-11-18-37-29-49(30-46-37)43(33-12-5-2-6-13-33,34-14-7-3-8-15-34)35-16-9-4-10-17-35/h2-10,12-17,19-24,27-30,32H,11,18,25-26H2,1H3. The van der Waals surface area contributed by atoms with Gasteiger partial charge in [0.05, 0.1) is 17.7 Å². The third-order valence-electron chi connectivity index (χ3n) is 9.62. The van der Waals surface area contributed by atoms with Crippen LogP contribution < -0.4 is 0 Å². The number of nitrogens with zero attached hydrogens (tertiary/aromatic N) is 6. The van der Waals surface area contributed by atoms with Crippen LogP contribution in [-0.2, 0) is 24.9 Å². The molecule has 8 heteroatoms. The first-order valence-corrected chi connectivity index (χ1v) is 18.1. The van der Waals surface area contributed by atoms with E-state index >= 15 is 0 Å². The normalized spacial score (nSPS) is 13.8. The maximum Gasteiger partial charge on any atom is 0.196 e.